The predicted octanol–water partition coefficient (Wildman–Crippen LogP) is 2.97. The van der Waals surface area contributed by atoms with Crippen molar-refractivity contribution >= 4 is 0 Å². The highest BCUT2D eigenvalue weighted by molar-refractivity contribution is 4.78. The topological polar surface area (TPSA) is 20.2 Å². The zero-order chi connectivity index (χ0) is 8.97. The van der Waals surface area contributed by atoms with Gasteiger partial charge < -0.3 is 5.11 Å². The predicted molar refractivity (Wildman–Crippen MR) is 52.0 cm³/mol. The Kier molecular flexibility index (Phi) is 4.07. The number of rotatable bonds is 3. The molecule has 0 radical (unpaired) electrons. The minimum Gasteiger partial charge on any atom is -0.393 e. The number of hydrogen-bond donors (Lipinski definition) is 1. The zero-order valence-corrected chi connectivity index (χ0v) is 8.42. The quantitative estimate of drug-likeness (QED) is 0.690. The van der Waals surface area contributed by atoms with Crippen LogP contribution in [0.25, 0.3) is 0 Å². The van der Waals surface area contributed by atoms with Crippen molar-refractivity contribution in [2.45, 2.75) is 58.5 Å². The van der Waals surface area contributed by atoms with Gasteiger partial charge in [-0.05, 0) is 31.1 Å². The van der Waals surface area contributed by atoms with Crippen molar-refractivity contribution in [3.05, 3.63) is 0 Å². The minimum atomic E-state index is 0.00338. The van der Waals surface area contributed by atoms with Crippen LogP contribution in [0.5, 0.6) is 0 Å². The van der Waals surface area contributed by atoms with Crippen LogP contribution in [0.3, 0.4) is 0 Å². The second-order valence-electron chi connectivity index (χ2n) is 4.20. The molecule has 0 aliphatic heterocycles. The highest BCUT2D eigenvalue weighted by Gasteiger charge is 2.27. The lowest BCUT2D eigenvalue weighted by Gasteiger charge is -2.32. The normalized spacial score (nSPS) is 36.8. The Morgan fingerprint density at radius 2 is 2.00 bits per heavy atom. The second-order valence-corrected chi connectivity index (χ2v) is 4.20. The maximum absolute atomic E-state index is 9.80. The van der Waals surface area contributed by atoms with E-state index in [2.05, 4.69) is 13.8 Å². The second kappa shape index (κ2) is 4.86. The Labute approximate surface area is 76.2 Å². The molecule has 1 aliphatic carbocycles. The Hall–Kier alpha value is -0.0400. The van der Waals surface area contributed by atoms with Gasteiger partial charge in [-0.2, -0.15) is 0 Å². The van der Waals surface area contributed by atoms with Crippen molar-refractivity contribution in [2.24, 2.45) is 11.8 Å². The van der Waals surface area contributed by atoms with E-state index >= 15 is 0 Å². The smallest absolute Gasteiger partial charge is 0.0571 e. The summed E-state index contributed by atoms with van der Waals surface area (Å²) in [7, 11) is 0. The lowest BCUT2D eigenvalue weighted by atomic mass is 9.77. The molecule has 72 valence electrons. The summed E-state index contributed by atoms with van der Waals surface area (Å²) in [6, 6.07) is 0. The fraction of sp³-hybridized carbons (Fsp3) is 1.00. The first kappa shape index (κ1) is 10.0. The summed E-state index contributed by atoms with van der Waals surface area (Å²) in [5, 5.41) is 9.80. The first-order chi connectivity index (χ1) is 5.77. The molecule has 0 spiro atoms. The van der Waals surface area contributed by atoms with Crippen molar-refractivity contribution in [3.8, 4) is 0 Å². The van der Waals surface area contributed by atoms with E-state index in [4.69, 9.17) is 0 Å². The van der Waals surface area contributed by atoms with Gasteiger partial charge >= 0.3 is 0 Å². The van der Waals surface area contributed by atoms with E-state index in [0.717, 1.165) is 12.3 Å². The third-order valence-electron chi connectivity index (χ3n) is 3.30. The molecule has 1 heteroatoms. The van der Waals surface area contributed by atoms with Crippen LogP contribution in [0.15, 0.2) is 0 Å². The van der Waals surface area contributed by atoms with E-state index in [0.29, 0.717) is 5.92 Å². The molecule has 1 saturated carbocycles. The molecule has 0 aromatic rings. The molecule has 0 heterocycles. The van der Waals surface area contributed by atoms with E-state index in [1.807, 2.05) is 0 Å². The van der Waals surface area contributed by atoms with Gasteiger partial charge in [0.15, 0.2) is 0 Å². The first-order valence-corrected chi connectivity index (χ1v) is 5.46. The Morgan fingerprint density at radius 3 is 2.50 bits per heavy atom. The van der Waals surface area contributed by atoms with Crippen molar-refractivity contribution in [2.75, 3.05) is 0 Å². The lowest BCUT2D eigenvalue weighted by molar-refractivity contribution is 0.0395. The van der Waals surface area contributed by atoms with Crippen LogP contribution in [0, 0.1) is 11.8 Å². The third kappa shape index (κ3) is 2.48. The first-order valence-electron chi connectivity index (χ1n) is 5.46. The van der Waals surface area contributed by atoms with Gasteiger partial charge in [0, 0.05) is 0 Å². The summed E-state index contributed by atoms with van der Waals surface area (Å²) >= 11 is 0. The van der Waals surface area contributed by atoms with Gasteiger partial charge in [0.1, 0.15) is 0 Å². The largest absolute Gasteiger partial charge is 0.393 e. The average molecular weight is 170 g/mol. The summed E-state index contributed by atoms with van der Waals surface area (Å²) in [5.74, 6) is 1.41. The number of aliphatic hydroxyl groups excluding tert-OH is 1. The molecular formula is C11H22O. The molecule has 12 heavy (non-hydrogen) atoms. The summed E-state index contributed by atoms with van der Waals surface area (Å²) < 4.78 is 0. The SMILES string of the molecule is CCCC1CCC(CC)CC1O. The van der Waals surface area contributed by atoms with Gasteiger partial charge in [-0.1, -0.05) is 33.1 Å². The minimum absolute atomic E-state index is 0.00338. The summed E-state index contributed by atoms with van der Waals surface area (Å²) in [6.45, 7) is 4.44. The van der Waals surface area contributed by atoms with Gasteiger partial charge in [-0.25, -0.2) is 0 Å². The highest BCUT2D eigenvalue weighted by Crippen LogP contribution is 2.33. The molecule has 3 atom stereocenters. The summed E-state index contributed by atoms with van der Waals surface area (Å²) in [5.41, 5.74) is 0. The van der Waals surface area contributed by atoms with Crippen molar-refractivity contribution in [1.82, 2.24) is 0 Å². The van der Waals surface area contributed by atoms with Gasteiger partial charge in [0.25, 0.3) is 0 Å². The molecule has 0 aromatic carbocycles. The van der Waals surface area contributed by atoms with E-state index in [9.17, 15) is 5.11 Å². The standard InChI is InChI=1S/C11H22O/c1-3-5-10-7-6-9(4-2)8-11(10)12/h9-12H,3-8H2,1-2H3. The Morgan fingerprint density at radius 1 is 1.25 bits per heavy atom. The van der Waals surface area contributed by atoms with Crippen molar-refractivity contribution in [3.63, 3.8) is 0 Å². The van der Waals surface area contributed by atoms with Crippen LogP contribution >= 0.6 is 0 Å². The fourth-order valence-corrected chi connectivity index (χ4v) is 2.37. The maximum Gasteiger partial charge on any atom is 0.0571 e. The molecule has 0 aromatic heterocycles. The fourth-order valence-electron chi connectivity index (χ4n) is 2.37. The molecule has 3 unspecified atom stereocenters. The Balaban J connectivity index is 2.31. The van der Waals surface area contributed by atoms with Gasteiger partial charge in [-0.3, -0.25) is 0 Å². The van der Waals surface area contributed by atoms with E-state index in [1.165, 1.54) is 32.1 Å². The molecular weight excluding hydrogens is 148 g/mol. The molecule has 1 fully saturated rings. The van der Waals surface area contributed by atoms with Crippen LogP contribution in [-0.4, -0.2) is 11.2 Å². The van der Waals surface area contributed by atoms with Crippen LogP contribution in [0.1, 0.15) is 52.4 Å². The van der Waals surface area contributed by atoms with Crippen LogP contribution in [0.4, 0.5) is 0 Å². The van der Waals surface area contributed by atoms with Gasteiger partial charge in [0.05, 0.1) is 6.10 Å². The Bertz CT molecular complexity index is 122. The van der Waals surface area contributed by atoms with E-state index < -0.39 is 0 Å². The molecule has 1 N–H and O–H groups in total. The van der Waals surface area contributed by atoms with Crippen LogP contribution < -0.4 is 0 Å². The zero-order valence-electron chi connectivity index (χ0n) is 8.42. The third-order valence-corrected chi connectivity index (χ3v) is 3.30. The molecule has 0 bridgehead atoms. The maximum atomic E-state index is 9.80. The van der Waals surface area contributed by atoms with Gasteiger partial charge in [-0.15, -0.1) is 0 Å². The molecule has 1 nitrogen and oxygen atoms in total. The van der Waals surface area contributed by atoms with Crippen LogP contribution in [-0.2, 0) is 0 Å². The van der Waals surface area contributed by atoms with Crippen molar-refractivity contribution in [1.29, 1.82) is 0 Å². The van der Waals surface area contributed by atoms with Crippen molar-refractivity contribution < 1.29 is 5.11 Å². The van der Waals surface area contributed by atoms with Gasteiger partial charge in [0.2, 0.25) is 0 Å². The molecule has 1 aliphatic rings. The summed E-state index contributed by atoms with van der Waals surface area (Å²) in [6.07, 6.45) is 7.35. The molecule has 0 saturated heterocycles. The van der Waals surface area contributed by atoms with E-state index in [1.54, 1.807) is 0 Å². The average Bonchev–Trinajstić information content (AvgIpc) is 2.09. The highest BCUT2D eigenvalue weighted by atomic mass is 16.3. The monoisotopic (exact) mass is 170 g/mol. The molecule has 0 amide bonds. The lowest BCUT2D eigenvalue weighted by Crippen LogP contribution is -2.28. The van der Waals surface area contributed by atoms with E-state index in [-0.39, 0.29) is 6.10 Å². The summed E-state index contributed by atoms with van der Waals surface area (Å²) in [4.78, 5) is 0. The number of hydrogen-bond acceptors (Lipinski definition) is 1. The van der Waals surface area contributed by atoms with Crippen LogP contribution in [0.2, 0.25) is 0 Å². The number of aliphatic hydroxyl groups is 1. The molecule has 1 rings (SSSR count).